The van der Waals surface area contributed by atoms with Crippen LogP contribution in [0.3, 0.4) is 0 Å². The molecule has 0 radical (unpaired) electrons. The molecule has 0 bridgehead atoms. The Morgan fingerprint density at radius 1 is 0.900 bits per heavy atom. The summed E-state index contributed by atoms with van der Waals surface area (Å²) in [5.74, 6) is 1.32. The lowest BCUT2D eigenvalue weighted by Crippen LogP contribution is -2.00. The number of pyridine rings is 1. The van der Waals surface area contributed by atoms with Crippen molar-refractivity contribution in [2.75, 3.05) is 5.32 Å². The molecule has 0 aliphatic rings. The minimum Gasteiger partial charge on any atom is -0.340 e. The third-order valence-electron chi connectivity index (χ3n) is 3.19. The van der Waals surface area contributed by atoms with Crippen LogP contribution < -0.4 is 5.32 Å². The molecule has 0 aliphatic carbocycles. The molecule has 0 atom stereocenters. The van der Waals surface area contributed by atoms with Crippen molar-refractivity contribution in [3.8, 4) is 0 Å². The predicted octanol–water partition coefficient (Wildman–Crippen LogP) is 3.89. The van der Waals surface area contributed by atoms with Crippen molar-refractivity contribution in [3.05, 3.63) is 54.5 Å². The Bertz CT molecular complexity index is 737. The van der Waals surface area contributed by atoms with E-state index in [1.54, 1.807) is 18.6 Å². The molecule has 0 saturated carbocycles. The number of nitrogens with zero attached hydrogens (tertiary/aromatic N) is 3. The van der Waals surface area contributed by atoms with E-state index in [1.807, 2.05) is 24.3 Å². The summed E-state index contributed by atoms with van der Waals surface area (Å²) in [6.07, 6.45) is 5.20. The van der Waals surface area contributed by atoms with Crippen LogP contribution in [0.5, 0.6) is 0 Å². The predicted molar refractivity (Wildman–Crippen MR) is 81.1 cm³/mol. The number of aromatic nitrogens is 3. The van der Waals surface area contributed by atoms with E-state index in [9.17, 15) is 0 Å². The Kier molecular flexibility index (Phi) is 3.29. The first-order valence-electron chi connectivity index (χ1n) is 6.67. The number of rotatable bonds is 3. The lowest BCUT2D eigenvalue weighted by atomic mass is 10.0. The van der Waals surface area contributed by atoms with Crippen molar-refractivity contribution < 1.29 is 0 Å². The van der Waals surface area contributed by atoms with Crippen molar-refractivity contribution >= 4 is 22.5 Å². The van der Waals surface area contributed by atoms with Crippen LogP contribution in [-0.2, 0) is 0 Å². The van der Waals surface area contributed by atoms with E-state index in [0.717, 1.165) is 22.5 Å². The third-order valence-corrected chi connectivity index (χ3v) is 3.19. The van der Waals surface area contributed by atoms with Crippen molar-refractivity contribution in [3.63, 3.8) is 0 Å². The van der Waals surface area contributed by atoms with Gasteiger partial charge in [0.1, 0.15) is 5.82 Å². The maximum absolute atomic E-state index is 4.43. The van der Waals surface area contributed by atoms with Gasteiger partial charge in [0, 0.05) is 24.3 Å². The highest BCUT2D eigenvalue weighted by molar-refractivity contribution is 5.79. The highest BCUT2D eigenvalue weighted by Gasteiger charge is 2.07. The first-order chi connectivity index (χ1) is 9.74. The van der Waals surface area contributed by atoms with Gasteiger partial charge >= 0.3 is 0 Å². The fourth-order valence-electron chi connectivity index (χ4n) is 2.17. The summed E-state index contributed by atoms with van der Waals surface area (Å²) in [6.45, 7) is 4.32. The number of anilines is 2. The molecule has 4 heteroatoms. The van der Waals surface area contributed by atoms with Gasteiger partial charge in [-0.2, -0.15) is 0 Å². The van der Waals surface area contributed by atoms with Crippen LogP contribution in [0.15, 0.2) is 48.9 Å². The lowest BCUT2D eigenvalue weighted by Gasteiger charge is -2.13. The van der Waals surface area contributed by atoms with Gasteiger partial charge < -0.3 is 5.32 Å². The molecule has 2 heterocycles. The molecule has 0 aliphatic heterocycles. The van der Waals surface area contributed by atoms with E-state index >= 15 is 0 Å². The van der Waals surface area contributed by atoms with Gasteiger partial charge in [0.25, 0.3) is 0 Å². The number of hydrogen-bond acceptors (Lipinski definition) is 4. The van der Waals surface area contributed by atoms with Crippen molar-refractivity contribution in [1.82, 2.24) is 15.0 Å². The molecule has 4 nitrogen and oxygen atoms in total. The average Bonchev–Trinajstić information content (AvgIpc) is 2.47. The number of nitrogens with one attached hydrogen (secondary N) is 1. The number of fused-ring (bicyclic) bond motifs is 1. The Morgan fingerprint density at radius 2 is 1.70 bits per heavy atom. The lowest BCUT2D eigenvalue weighted by molar-refractivity contribution is 0.862. The van der Waals surface area contributed by atoms with E-state index in [1.165, 1.54) is 5.56 Å². The summed E-state index contributed by atoms with van der Waals surface area (Å²) in [6, 6.07) is 10.0. The van der Waals surface area contributed by atoms with Crippen molar-refractivity contribution in [2.24, 2.45) is 0 Å². The van der Waals surface area contributed by atoms with E-state index < -0.39 is 0 Å². The van der Waals surface area contributed by atoms with Gasteiger partial charge in [0.05, 0.1) is 11.0 Å². The molecule has 0 fully saturated rings. The second-order valence-corrected chi connectivity index (χ2v) is 4.98. The molecule has 3 aromatic rings. The summed E-state index contributed by atoms with van der Waals surface area (Å²) >= 11 is 0. The summed E-state index contributed by atoms with van der Waals surface area (Å²) in [4.78, 5) is 13.0. The Labute approximate surface area is 117 Å². The largest absolute Gasteiger partial charge is 0.340 e. The van der Waals surface area contributed by atoms with Crippen LogP contribution in [0.4, 0.5) is 11.5 Å². The molecule has 0 saturated heterocycles. The van der Waals surface area contributed by atoms with E-state index in [4.69, 9.17) is 0 Å². The Morgan fingerprint density at radius 3 is 2.50 bits per heavy atom. The average molecular weight is 264 g/mol. The molecular weight excluding hydrogens is 248 g/mol. The highest BCUT2D eigenvalue weighted by Crippen LogP contribution is 2.25. The second kappa shape index (κ2) is 5.25. The first kappa shape index (κ1) is 12.5. The zero-order chi connectivity index (χ0) is 13.9. The maximum atomic E-state index is 4.43. The Hall–Kier alpha value is -2.49. The molecule has 1 N–H and O–H groups in total. The summed E-state index contributed by atoms with van der Waals surface area (Å²) in [5, 5.41) is 3.37. The molecule has 0 spiro atoms. The monoisotopic (exact) mass is 264 g/mol. The maximum Gasteiger partial charge on any atom is 0.133 e. The molecule has 100 valence electrons. The van der Waals surface area contributed by atoms with Crippen LogP contribution in [-0.4, -0.2) is 15.0 Å². The van der Waals surface area contributed by atoms with Crippen LogP contribution in [0.25, 0.3) is 11.0 Å². The highest BCUT2D eigenvalue weighted by atomic mass is 15.0. The van der Waals surface area contributed by atoms with Gasteiger partial charge in [-0.1, -0.05) is 19.9 Å². The number of benzene rings is 1. The molecule has 20 heavy (non-hydrogen) atoms. The van der Waals surface area contributed by atoms with Crippen molar-refractivity contribution in [1.29, 1.82) is 0 Å². The molecule has 0 unspecified atom stereocenters. The van der Waals surface area contributed by atoms with Gasteiger partial charge in [-0.05, 0) is 35.7 Å². The summed E-state index contributed by atoms with van der Waals surface area (Å²) in [5.41, 5.74) is 3.94. The zero-order valence-electron chi connectivity index (χ0n) is 11.5. The van der Waals surface area contributed by atoms with Crippen LogP contribution in [0.2, 0.25) is 0 Å². The van der Waals surface area contributed by atoms with Crippen LogP contribution in [0.1, 0.15) is 25.3 Å². The summed E-state index contributed by atoms with van der Waals surface area (Å²) in [7, 11) is 0. The Balaban J connectivity index is 1.97. The van der Waals surface area contributed by atoms with E-state index in [0.29, 0.717) is 5.92 Å². The minimum atomic E-state index is 0.423. The van der Waals surface area contributed by atoms with Gasteiger partial charge in [-0.25, -0.2) is 4.98 Å². The first-order valence-corrected chi connectivity index (χ1v) is 6.67. The second-order valence-electron chi connectivity index (χ2n) is 4.98. The fourth-order valence-corrected chi connectivity index (χ4v) is 2.17. The van der Waals surface area contributed by atoms with Gasteiger partial charge in [0.2, 0.25) is 0 Å². The molecular formula is C16H16N4. The topological polar surface area (TPSA) is 50.7 Å². The van der Waals surface area contributed by atoms with Crippen LogP contribution >= 0.6 is 0 Å². The number of hydrogen-bond donors (Lipinski definition) is 1. The quantitative estimate of drug-likeness (QED) is 0.779. The normalized spacial score (nSPS) is 10.9. The SMILES string of the molecule is CC(C)c1cccnc1Nc1ccc2nccnc2c1. The summed E-state index contributed by atoms with van der Waals surface area (Å²) < 4.78 is 0. The molecule has 1 aromatic carbocycles. The fraction of sp³-hybridized carbons (Fsp3) is 0.188. The van der Waals surface area contributed by atoms with Crippen molar-refractivity contribution in [2.45, 2.75) is 19.8 Å². The molecule has 2 aromatic heterocycles. The standard InChI is InChI=1S/C16H16N4/c1-11(2)13-4-3-7-19-16(13)20-12-5-6-14-15(10-12)18-9-8-17-14/h3-11H,1-2H3,(H,19,20). The van der Waals surface area contributed by atoms with E-state index in [2.05, 4.69) is 40.2 Å². The van der Waals surface area contributed by atoms with Crippen LogP contribution in [0, 0.1) is 0 Å². The zero-order valence-corrected chi connectivity index (χ0v) is 11.5. The van der Waals surface area contributed by atoms with Gasteiger partial charge in [0.15, 0.2) is 0 Å². The van der Waals surface area contributed by atoms with Gasteiger partial charge in [-0.3, -0.25) is 9.97 Å². The minimum absolute atomic E-state index is 0.423. The van der Waals surface area contributed by atoms with Gasteiger partial charge in [-0.15, -0.1) is 0 Å². The molecule has 0 amide bonds. The third kappa shape index (κ3) is 2.45. The smallest absolute Gasteiger partial charge is 0.133 e. The van der Waals surface area contributed by atoms with E-state index in [-0.39, 0.29) is 0 Å². The molecule has 3 rings (SSSR count).